The number of hydrogen-bond donors (Lipinski definition) is 1. The van der Waals surface area contributed by atoms with E-state index in [0.29, 0.717) is 6.54 Å². The number of hydrogen-bond acceptors (Lipinski definition) is 6. The van der Waals surface area contributed by atoms with Gasteiger partial charge in [-0.05, 0) is 18.5 Å². The molecule has 0 radical (unpaired) electrons. The third-order valence-electron chi connectivity index (χ3n) is 1.77. The first-order chi connectivity index (χ1) is 6.90. The molecule has 0 spiro atoms. The highest BCUT2D eigenvalue weighted by molar-refractivity contribution is 7.05. The Balaban J connectivity index is 1.98. The SMILES string of the molecule is CCn1nncc1NCc1cnns1. The van der Waals surface area contributed by atoms with Crippen LogP contribution in [0.1, 0.15) is 11.8 Å². The van der Waals surface area contributed by atoms with Crippen molar-refractivity contribution in [2.75, 3.05) is 5.32 Å². The predicted octanol–water partition coefficient (Wildman–Crippen LogP) is 0.762. The third kappa shape index (κ3) is 1.87. The van der Waals surface area contributed by atoms with E-state index in [1.807, 2.05) is 6.92 Å². The molecule has 0 aliphatic carbocycles. The molecule has 0 bridgehead atoms. The number of anilines is 1. The van der Waals surface area contributed by atoms with Crippen LogP contribution in [0.3, 0.4) is 0 Å². The van der Waals surface area contributed by atoms with Crippen molar-refractivity contribution in [1.82, 2.24) is 24.6 Å². The first kappa shape index (κ1) is 9.07. The summed E-state index contributed by atoms with van der Waals surface area (Å²) in [6.45, 7) is 3.54. The molecule has 0 fully saturated rings. The standard InChI is InChI=1S/C7H10N6S/c1-2-13-7(5-9-11-13)8-3-6-4-10-12-14-6/h4-5,8H,2-3H2,1H3. The molecule has 6 nitrogen and oxygen atoms in total. The topological polar surface area (TPSA) is 68.5 Å². The van der Waals surface area contributed by atoms with Crippen molar-refractivity contribution in [3.8, 4) is 0 Å². The molecule has 74 valence electrons. The van der Waals surface area contributed by atoms with Gasteiger partial charge in [0.25, 0.3) is 0 Å². The van der Waals surface area contributed by atoms with E-state index in [1.165, 1.54) is 11.5 Å². The maximum absolute atomic E-state index is 3.91. The van der Waals surface area contributed by atoms with Crippen molar-refractivity contribution < 1.29 is 0 Å². The molecule has 0 atom stereocenters. The van der Waals surface area contributed by atoms with E-state index in [-0.39, 0.29) is 0 Å². The summed E-state index contributed by atoms with van der Waals surface area (Å²) < 4.78 is 5.58. The molecule has 0 aliphatic heterocycles. The van der Waals surface area contributed by atoms with Crippen LogP contribution < -0.4 is 5.32 Å². The molecule has 2 heterocycles. The lowest BCUT2D eigenvalue weighted by atomic mass is 10.5. The zero-order valence-electron chi connectivity index (χ0n) is 7.71. The minimum Gasteiger partial charge on any atom is -0.364 e. The fourth-order valence-electron chi connectivity index (χ4n) is 1.07. The summed E-state index contributed by atoms with van der Waals surface area (Å²) in [6, 6.07) is 0. The highest BCUT2D eigenvalue weighted by Gasteiger charge is 2.01. The summed E-state index contributed by atoms with van der Waals surface area (Å²) in [4.78, 5) is 1.09. The first-order valence-electron chi connectivity index (χ1n) is 4.28. The summed E-state index contributed by atoms with van der Waals surface area (Å²) in [5, 5.41) is 14.7. The maximum atomic E-state index is 3.91. The average molecular weight is 210 g/mol. The zero-order valence-corrected chi connectivity index (χ0v) is 8.53. The van der Waals surface area contributed by atoms with Crippen molar-refractivity contribution in [3.63, 3.8) is 0 Å². The fraction of sp³-hybridized carbons (Fsp3) is 0.429. The van der Waals surface area contributed by atoms with Crippen LogP contribution in [-0.4, -0.2) is 24.6 Å². The van der Waals surface area contributed by atoms with Crippen molar-refractivity contribution in [2.45, 2.75) is 20.0 Å². The Hall–Kier alpha value is -1.50. The smallest absolute Gasteiger partial charge is 0.145 e. The molecular formula is C7H10N6S. The summed E-state index contributed by atoms with van der Waals surface area (Å²) in [5.41, 5.74) is 0. The van der Waals surface area contributed by atoms with Crippen LogP contribution in [0, 0.1) is 0 Å². The maximum Gasteiger partial charge on any atom is 0.145 e. The van der Waals surface area contributed by atoms with Crippen molar-refractivity contribution >= 4 is 17.4 Å². The number of nitrogens with one attached hydrogen (secondary N) is 1. The van der Waals surface area contributed by atoms with Gasteiger partial charge in [0, 0.05) is 6.54 Å². The van der Waals surface area contributed by atoms with Crippen molar-refractivity contribution in [2.24, 2.45) is 0 Å². The van der Waals surface area contributed by atoms with Gasteiger partial charge in [0.1, 0.15) is 5.82 Å². The predicted molar refractivity (Wildman–Crippen MR) is 52.9 cm³/mol. The monoisotopic (exact) mass is 210 g/mol. The molecule has 2 rings (SSSR count). The van der Waals surface area contributed by atoms with Gasteiger partial charge in [0.15, 0.2) is 0 Å². The molecule has 0 aromatic carbocycles. The minimum absolute atomic E-state index is 0.713. The highest BCUT2D eigenvalue weighted by atomic mass is 32.1. The largest absolute Gasteiger partial charge is 0.364 e. The molecule has 14 heavy (non-hydrogen) atoms. The first-order valence-corrected chi connectivity index (χ1v) is 5.06. The van der Waals surface area contributed by atoms with Gasteiger partial charge in [-0.15, -0.1) is 10.2 Å². The van der Waals surface area contributed by atoms with Gasteiger partial charge in [-0.25, -0.2) is 4.68 Å². The Labute approximate surface area is 85.1 Å². The number of rotatable bonds is 4. The summed E-state index contributed by atoms with van der Waals surface area (Å²) in [7, 11) is 0. The second-order valence-corrected chi connectivity index (χ2v) is 3.54. The van der Waals surface area contributed by atoms with Gasteiger partial charge < -0.3 is 5.32 Å². The molecule has 7 heteroatoms. The lowest BCUT2D eigenvalue weighted by Gasteiger charge is -2.04. The third-order valence-corrected chi connectivity index (χ3v) is 2.43. The lowest BCUT2D eigenvalue weighted by molar-refractivity contribution is 0.631. The van der Waals surface area contributed by atoms with Crippen LogP contribution in [0.25, 0.3) is 0 Å². The summed E-state index contributed by atoms with van der Waals surface area (Å²) >= 11 is 1.38. The molecule has 0 aliphatic rings. The van der Waals surface area contributed by atoms with Gasteiger partial charge in [-0.2, -0.15) is 0 Å². The van der Waals surface area contributed by atoms with E-state index in [4.69, 9.17) is 0 Å². The Kier molecular flexibility index (Phi) is 2.68. The molecule has 0 amide bonds. The molecule has 2 aromatic rings. The van der Waals surface area contributed by atoms with Crippen LogP contribution >= 0.6 is 11.5 Å². The van der Waals surface area contributed by atoms with Crippen LogP contribution in [0.4, 0.5) is 5.82 Å². The quantitative estimate of drug-likeness (QED) is 0.807. The summed E-state index contributed by atoms with van der Waals surface area (Å²) in [5.74, 6) is 0.918. The number of aromatic nitrogens is 5. The summed E-state index contributed by atoms with van der Waals surface area (Å²) in [6.07, 6.45) is 3.45. The molecule has 0 unspecified atom stereocenters. The van der Waals surface area contributed by atoms with Crippen molar-refractivity contribution in [1.29, 1.82) is 0 Å². The minimum atomic E-state index is 0.713. The van der Waals surface area contributed by atoms with E-state index in [1.54, 1.807) is 17.1 Å². The molecule has 2 aromatic heterocycles. The average Bonchev–Trinajstić information content (AvgIpc) is 2.85. The van der Waals surface area contributed by atoms with Crippen LogP contribution in [0.15, 0.2) is 12.4 Å². The molecule has 0 saturated heterocycles. The highest BCUT2D eigenvalue weighted by Crippen LogP contribution is 2.08. The number of aryl methyl sites for hydroxylation is 1. The van der Waals surface area contributed by atoms with E-state index < -0.39 is 0 Å². The fourth-order valence-corrected chi connectivity index (χ4v) is 1.50. The van der Waals surface area contributed by atoms with Gasteiger partial charge in [0.05, 0.1) is 23.8 Å². The Morgan fingerprint density at radius 2 is 2.36 bits per heavy atom. The number of nitrogens with zero attached hydrogens (tertiary/aromatic N) is 5. The van der Waals surface area contributed by atoms with Crippen LogP contribution in [0.2, 0.25) is 0 Å². The lowest BCUT2D eigenvalue weighted by Crippen LogP contribution is -2.05. The van der Waals surface area contributed by atoms with Crippen LogP contribution in [0.5, 0.6) is 0 Å². The normalized spacial score (nSPS) is 10.4. The van der Waals surface area contributed by atoms with E-state index in [0.717, 1.165) is 17.2 Å². The Morgan fingerprint density at radius 1 is 1.43 bits per heavy atom. The Morgan fingerprint density at radius 3 is 3.07 bits per heavy atom. The van der Waals surface area contributed by atoms with Gasteiger partial charge in [-0.3, -0.25) is 0 Å². The second-order valence-electron chi connectivity index (χ2n) is 2.67. The Bertz CT molecular complexity index is 381. The van der Waals surface area contributed by atoms with E-state index in [9.17, 15) is 0 Å². The van der Waals surface area contributed by atoms with Gasteiger partial charge in [0.2, 0.25) is 0 Å². The molecule has 1 N–H and O–H groups in total. The van der Waals surface area contributed by atoms with Crippen LogP contribution in [-0.2, 0) is 13.1 Å². The van der Waals surface area contributed by atoms with E-state index >= 15 is 0 Å². The second kappa shape index (κ2) is 4.14. The van der Waals surface area contributed by atoms with Gasteiger partial charge in [-0.1, -0.05) is 9.70 Å². The molecular weight excluding hydrogens is 200 g/mol. The van der Waals surface area contributed by atoms with Gasteiger partial charge >= 0.3 is 0 Å². The molecule has 0 saturated carbocycles. The van der Waals surface area contributed by atoms with E-state index in [2.05, 4.69) is 25.2 Å². The van der Waals surface area contributed by atoms with Crippen molar-refractivity contribution in [3.05, 3.63) is 17.3 Å². The zero-order chi connectivity index (χ0) is 9.80.